The summed E-state index contributed by atoms with van der Waals surface area (Å²) >= 11 is 2.16. The van der Waals surface area contributed by atoms with Crippen molar-refractivity contribution in [3.8, 4) is 5.75 Å². The number of halogens is 1. The lowest BCUT2D eigenvalue weighted by atomic mass is 9.88. The second kappa shape index (κ2) is 10.6. The highest BCUT2D eigenvalue weighted by Gasteiger charge is 2.41. The highest BCUT2D eigenvalue weighted by atomic mass is 127. The smallest absolute Gasteiger partial charge is 0.247 e. The summed E-state index contributed by atoms with van der Waals surface area (Å²) in [5.74, 6) is 0.730. The summed E-state index contributed by atoms with van der Waals surface area (Å²) in [7, 11) is 0. The van der Waals surface area contributed by atoms with Gasteiger partial charge in [0.1, 0.15) is 18.0 Å². The van der Waals surface area contributed by atoms with E-state index in [9.17, 15) is 14.7 Å². The summed E-state index contributed by atoms with van der Waals surface area (Å²) in [5, 5.41) is 22.9. The molecule has 164 valence electrons. The molecule has 0 radical (unpaired) electrons. The molecular weight excluding hydrogens is 499 g/mol. The van der Waals surface area contributed by atoms with Crippen LogP contribution in [-0.4, -0.2) is 64.9 Å². The van der Waals surface area contributed by atoms with E-state index in [1.54, 1.807) is 11.0 Å². The molecule has 1 fully saturated rings. The minimum atomic E-state index is -0.954. The first-order valence-electron chi connectivity index (χ1n) is 10.4. The van der Waals surface area contributed by atoms with Gasteiger partial charge in [0.25, 0.3) is 0 Å². The van der Waals surface area contributed by atoms with E-state index < -0.39 is 18.2 Å². The first-order chi connectivity index (χ1) is 14.4. The largest absolute Gasteiger partial charge is 0.482 e. The topological polar surface area (TPSA) is 99.1 Å². The van der Waals surface area contributed by atoms with Crippen molar-refractivity contribution < 1.29 is 24.5 Å². The third kappa shape index (κ3) is 5.73. The standard InChI is InChI=1S/C22H29IN2O5/c1-2-20(27)25(13-14-7-8-14)17-11-15(22(29)24-9-10-26)12-19(21(17)28)30-18-6-4-3-5-16(18)23/h3-6,12,14,17,19,21,26,28H,2,7-11,13H2,1H3,(H,24,29). The highest BCUT2D eigenvalue weighted by Crippen LogP contribution is 2.34. The van der Waals surface area contributed by atoms with E-state index in [0.717, 1.165) is 16.4 Å². The fourth-order valence-electron chi connectivity index (χ4n) is 3.67. The van der Waals surface area contributed by atoms with Crippen molar-refractivity contribution >= 4 is 34.4 Å². The fraction of sp³-hybridized carbons (Fsp3) is 0.545. The number of benzene rings is 1. The van der Waals surface area contributed by atoms with E-state index in [1.807, 2.05) is 31.2 Å². The first-order valence-corrected chi connectivity index (χ1v) is 11.5. The number of rotatable bonds is 9. The lowest BCUT2D eigenvalue weighted by Crippen LogP contribution is -2.55. The Labute approximate surface area is 190 Å². The molecule has 3 rings (SSSR count). The molecule has 0 aliphatic heterocycles. The Morgan fingerprint density at radius 2 is 2.03 bits per heavy atom. The maximum atomic E-state index is 12.7. The highest BCUT2D eigenvalue weighted by molar-refractivity contribution is 14.1. The number of nitrogens with one attached hydrogen (secondary N) is 1. The summed E-state index contributed by atoms with van der Waals surface area (Å²) < 4.78 is 6.99. The monoisotopic (exact) mass is 528 g/mol. The zero-order valence-electron chi connectivity index (χ0n) is 17.1. The van der Waals surface area contributed by atoms with Gasteiger partial charge in [0.15, 0.2) is 0 Å². The molecule has 7 nitrogen and oxygen atoms in total. The van der Waals surface area contributed by atoms with Gasteiger partial charge in [-0.15, -0.1) is 0 Å². The first kappa shape index (κ1) is 23.0. The fourth-order valence-corrected chi connectivity index (χ4v) is 4.18. The zero-order valence-corrected chi connectivity index (χ0v) is 19.2. The summed E-state index contributed by atoms with van der Waals surface area (Å²) in [6, 6.07) is 6.93. The minimum absolute atomic E-state index is 0.0315. The third-order valence-corrected chi connectivity index (χ3v) is 6.38. The molecule has 8 heteroatoms. The van der Waals surface area contributed by atoms with Gasteiger partial charge in [0.05, 0.1) is 16.2 Å². The van der Waals surface area contributed by atoms with Gasteiger partial charge in [-0.25, -0.2) is 0 Å². The van der Waals surface area contributed by atoms with E-state index in [-0.39, 0.29) is 31.4 Å². The van der Waals surface area contributed by atoms with Crippen LogP contribution in [0, 0.1) is 9.49 Å². The van der Waals surface area contributed by atoms with Crippen molar-refractivity contribution in [3.63, 3.8) is 0 Å². The molecule has 2 aliphatic rings. The van der Waals surface area contributed by atoms with Crippen LogP contribution in [0.2, 0.25) is 0 Å². The summed E-state index contributed by atoms with van der Waals surface area (Å²) in [6.45, 7) is 2.39. The molecule has 0 spiro atoms. The molecule has 0 heterocycles. The molecule has 0 saturated heterocycles. The molecule has 3 atom stereocenters. The summed E-state index contributed by atoms with van der Waals surface area (Å²) in [5.41, 5.74) is 0.458. The number of carbonyl (C=O) groups excluding carboxylic acids is 2. The van der Waals surface area contributed by atoms with Crippen LogP contribution in [0.5, 0.6) is 5.75 Å². The Morgan fingerprint density at radius 3 is 2.67 bits per heavy atom. The molecule has 1 saturated carbocycles. The number of ether oxygens (including phenoxy) is 1. The maximum absolute atomic E-state index is 12.7. The molecule has 3 unspecified atom stereocenters. The van der Waals surface area contributed by atoms with Crippen molar-refractivity contribution in [2.75, 3.05) is 19.7 Å². The normalized spacial score (nSPS) is 23.5. The lowest BCUT2D eigenvalue weighted by molar-refractivity contribution is -0.138. The summed E-state index contributed by atoms with van der Waals surface area (Å²) in [4.78, 5) is 27.1. The molecule has 30 heavy (non-hydrogen) atoms. The van der Waals surface area contributed by atoms with Gasteiger partial charge in [-0.1, -0.05) is 19.1 Å². The van der Waals surface area contributed by atoms with Crippen molar-refractivity contribution in [2.45, 2.75) is 50.9 Å². The van der Waals surface area contributed by atoms with Crippen LogP contribution in [0.3, 0.4) is 0 Å². The third-order valence-electron chi connectivity index (χ3n) is 5.49. The molecule has 2 aliphatic carbocycles. The zero-order chi connectivity index (χ0) is 21.7. The predicted octanol–water partition coefficient (Wildman–Crippen LogP) is 1.86. The number of aliphatic hydroxyl groups excluding tert-OH is 2. The van der Waals surface area contributed by atoms with Gasteiger partial charge >= 0.3 is 0 Å². The maximum Gasteiger partial charge on any atom is 0.247 e. The minimum Gasteiger partial charge on any atom is -0.482 e. The van der Waals surface area contributed by atoms with Crippen LogP contribution in [0.4, 0.5) is 0 Å². The SMILES string of the molecule is CCC(=O)N(CC1CC1)C1CC(C(=O)NCCO)=CC(Oc2ccccc2I)C1O. The van der Waals surface area contributed by atoms with Crippen LogP contribution < -0.4 is 10.1 Å². The van der Waals surface area contributed by atoms with Gasteiger partial charge in [-0.2, -0.15) is 0 Å². The molecular formula is C22H29IN2O5. The number of hydrogen-bond donors (Lipinski definition) is 3. The van der Waals surface area contributed by atoms with E-state index >= 15 is 0 Å². The number of para-hydroxylation sites is 1. The van der Waals surface area contributed by atoms with E-state index in [1.165, 1.54) is 0 Å². The molecule has 1 aromatic rings. The van der Waals surface area contributed by atoms with Crippen LogP contribution in [0.15, 0.2) is 35.9 Å². The number of amides is 2. The van der Waals surface area contributed by atoms with Gasteiger partial charge < -0.3 is 25.2 Å². The Balaban J connectivity index is 1.89. The van der Waals surface area contributed by atoms with Crippen molar-refractivity contribution in [1.82, 2.24) is 10.2 Å². The lowest BCUT2D eigenvalue weighted by Gasteiger charge is -2.40. The van der Waals surface area contributed by atoms with Crippen LogP contribution in [-0.2, 0) is 9.59 Å². The Hall–Kier alpha value is -1.65. The Morgan fingerprint density at radius 1 is 1.30 bits per heavy atom. The van der Waals surface area contributed by atoms with Gasteiger partial charge in [-0.3, -0.25) is 9.59 Å². The van der Waals surface area contributed by atoms with Gasteiger partial charge in [0.2, 0.25) is 11.8 Å². The van der Waals surface area contributed by atoms with Crippen molar-refractivity contribution in [2.24, 2.45) is 5.92 Å². The second-order valence-electron chi connectivity index (χ2n) is 7.79. The number of nitrogens with zero attached hydrogens (tertiary/aromatic N) is 1. The number of hydrogen-bond acceptors (Lipinski definition) is 5. The molecule has 1 aromatic carbocycles. The van der Waals surface area contributed by atoms with E-state index in [0.29, 0.717) is 30.2 Å². The molecule has 3 N–H and O–H groups in total. The molecule has 0 bridgehead atoms. The van der Waals surface area contributed by atoms with Crippen molar-refractivity contribution in [1.29, 1.82) is 0 Å². The number of aliphatic hydroxyl groups is 2. The van der Waals surface area contributed by atoms with Gasteiger partial charge in [0, 0.05) is 31.5 Å². The quantitative estimate of drug-likeness (QED) is 0.425. The molecule has 2 amide bonds. The van der Waals surface area contributed by atoms with E-state index in [2.05, 4.69) is 27.9 Å². The Bertz CT molecular complexity index is 795. The predicted molar refractivity (Wildman–Crippen MR) is 121 cm³/mol. The summed E-state index contributed by atoms with van der Waals surface area (Å²) in [6.07, 6.45) is 2.68. The number of carbonyl (C=O) groups is 2. The van der Waals surface area contributed by atoms with Crippen LogP contribution in [0.25, 0.3) is 0 Å². The second-order valence-corrected chi connectivity index (χ2v) is 8.95. The average Bonchev–Trinajstić information content (AvgIpc) is 3.57. The molecule has 0 aromatic heterocycles. The van der Waals surface area contributed by atoms with Crippen LogP contribution >= 0.6 is 22.6 Å². The van der Waals surface area contributed by atoms with Crippen molar-refractivity contribution in [3.05, 3.63) is 39.5 Å². The van der Waals surface area contributed by atoms with E-state index in [4.69, 9.17) is 9.84 Å². The average molecular weight is 528 g/mol. The van der Waals surface area contributed by atoms with Crippen LogP contribution in [0.1, 0.15) is 32.6 Å². The Kier molecular flexibility index (Phi) is 8.13. The van der Waals surface area contributed by atoms with Gasteiger partial charge in [-0.05, 0) is 59.6 Å².